The Morgan fingerprint density at radius 2 is 1.91 bits per heavy atom. The molecule has 0 unspecified atom stereocenters. The van der Waals surface area contributed by atoms with Crippen LogP contribution in [0.1, 0.15) is 5.56 Å². The molecule has 0 aromatic heterocycles. The van der Waals surface area contributed by atoms with Gasteiger partial charge in [0.2, 0.25) is 0 Å². The molecule has 0 aliphatic heterocycles. The molecule has 11 heavy (non-hydrogen) atoms. The summed E-state index contributed by atoms with van der Waals surface area (Å²) in [6.45, 7) is 0. The maximum Gasteiger partial charge on any atom is 0.307 e. The van der Waals surface area contributed by atoms with E-state index in [1.165, 1.54) is 0 Å². The minimum atomic E-state index is -0.845. The van der Waals surface area contributed by atoms with Crippen LogP contribution >= 0.6 is 0 Å². The standard InChI is InChI=1S/C8H8NO2/c9-7-3-1-6(2-4-7)5-8(10)11/h1-4,9H,5H2,(H,10,11). The molecular weight excluding hydrogens is 142 g/mol. The Labute approximate surface area is 64.5 Å². The van der Waals surface area contributed by atoms with Crippen molar-refractivity contribution in [1.82, 2.24) is 5.73 Å². The Morgan fingerprint density at radius 3 is 2.36 bits per heavy atom. The summed E-state index contributed by atoms with van der Waals surface area (Å²) in [5, 5.41) is 8.39. The summed E-state index contributed by atoms with van der Waals surface area (Å²) in [7, 11) is 0. The molecule has 0 saturated heterocycles. The molecule has 0 aliphatic carbocycles. The molecule has 1 rings (SSSR count). The summed E-state index contributed by atoms with van der Waals surface area (Å²) in [6.07, 6.45) is 0.0281. The number of hydrogen-bond donors (Lipinski definition) is 1. The van der Waals surface area contributed by atoms with Crippen LogP contribution in [0.4, 0.5) is 5.69 Å². The van der Waals surface area contributed by atoms with Gasteiger partial charge in [-0.1, -0.05) is 12.1 Å². The van der Waals surface area contributed by atoms with Crippen LogP contribution in [0.5, 0.6) is 0 Å². The highest BCUT2D eigenvalue weighted by molar-refractivity contribution is 5.70. The first-order valence-corrected chi connectivity index (χ1v) is 3.21. The van der Waals surface area contributed by atoms with Gasteiger partial charge in [-0.2, -0.15) is 0 Å². The monoisotopic (exact) mass is 150 g/mol. The summed E-state index contributed by atoms with van der Waals surface area (Å²) in [5.41, 5.74) is 8.26. The lowest BCUT2D eigenvalue weighted by Crippen LogP contribution is -1.99. The van der Waals surface area contributed by atoms with Crippen LogP contribution in [0.15, 0.2) is 24.3 Å². The van der Waals surface area contributed by atoms with E-state index < -0.39 is 5.97 Å². The summed E-state index contributed by atoms with van der Waals surface area (Å²) in [4.78, 5) is 10.2. The van der Waals surface area contributed by atoms with E-state index in [-0.39, 0.29) is 6.42 Å². The molecule has 0 saturated carbocycles. The molecule has 3 nitrogen and oxygen atoms in total. The third-order valence-electron chi connectivity index (χ3n) is 1.31. The van der Waals surface area contributed by atoms with Crippen LogP contribution in [0, 0.1) is 0 Å². The second kappa shape index (κ2) is 3.05. The normalized spacial score (nSPS) is 9.45. The van der Waals surface area contributed by atoms with E-state index in [1.54, 1.807) is 24.3 Å². The average Bonchev–Trinajstić information content (AvgIpc) is 1.93. The fourth-order valence-corrected chi connectivity index (χ4v) is 0.797. The summed E-state index contributed by atoms with van der Waals surface area (Å²) < 4.78 is 0. The van der Waals surface area contributed by atoms with Crippen molar-refractivity contribution in [3.8, 4) is 0 Å². The third kappa shape index (κ3) is 2.29. The highest BCUT2D eigenvalue weighted by Gasteiger charge is 1.98. The van der Waals surface area contributed by atoms with Gasteiger partial charge in [0, 0.05) is 0 Å². The molecule has 2 N–H and O–H groups in total. The average molecular weight is 150 g/mol. The van der Waals surface area contributed by atoms with E-state index in [0.717, 1.165) is 5.56 Å². The molecule has 1 aromatic rings. The van der Waals surface area contributed by atoms with Crippen LogP contribution in [0.25, 0.3) is 0 Å². The molecule has 1 aromatic carbocycles. The van der Waals surface area contributed by atoms with Crippen LogP contribution in [-0.2, 0) is 11.2 Å². The van der Waals surface area contributed by atoms with Crippen molar-refractivity contribution in [3.05, 3.63) is 29.8 Å². The molecule has 0 spiro atoms. The quantitative estimate of drug-likeness (QED) is 0.689. The Hall–Kier alpha value is -1.51. The van der Waals surface area contributed by atoms with Crippen LogP contribution < -0.4 is 5.73 Å². The lowest BCUT2D eigenvalue weighted by Gasteiger charge is -1.95. The number of rotatable bonds is 2. The molecule has 57 valence electrons. The van der Waals surface area contributed by atoms with E-state index in [1.807, 2.05) is 0 Å². The van der Waals surface area contributed by atoms with Crippen LogP contribution in [0.3, 0.4) is 0 Å². The van der Waals surface area contributed by atoms with Gasteiger partial charge in [-0.25, -0.2) is 0 Å². The van der Waals surface area contributed by atoms with Crippen LogP contribution in [0.2, 0.25) is 0 Å². The topological polar surface area (TPSA) is 61.1 Å². The molecule has 0 amide bonds. The van der Waals surface area contributed by atoms with E-state index in [0.29, 0.717) is 5.69 Å². The van der Waals surface area contributed by atoms with Crippen molar-refractivity contribution < 1.29 is 9.90 Å². The lowest BCUT2D eigenvalue weighted by molar-refractivity contribution is -0.136. The van der Waals surface area contributed by atoms with Crippen molar-refractivity contribution in [2.75, 3.05) is 0 Å². The van der Waals surface area contributed by atoms with Gasteiger partial charge in [-0.15, -0.1) is 0 Å². The first-order valence-electron chi connectivity index (χ1n) is 3.21. The van der Waals surface area contributed by atoms with Gasteiger partial charge in [0.25, 0.3) is 0 Å². The van der Waals surface area contributed by atoms with Gasteiger partial charge in [0.1, 0.15) is 0 Å². The zero-order valence-electron chi connectivity index (χ0n) is 5.87. The van der Waals surface area contributed by atoms with E-state index in [4.69, 9.17) is 10.8 Å². The number of nitrogens with one attached hydrogen (secondary N) is 1. The summed E-state index contributed by atoms with van der Waals surface area (Å²) in [6, 6.07) is 6.46. The molecule has 1 radical (unpaired) electrons. The van der Waals surface area contributed by atoms with Gasteiger partial charge < -0.3 is 10.8 Å². The van der Waals surface area contributed by atoms with Crippen molar-refractivity contribution in [2.24, 2.45) is 0 Å². The van der Waals surface area contributed by atoms with Gasteiger partial charge in [-0.05, 0) is 17.7 Å². The number of benzene rings is 1. The minimum Gasteiger partial charge on any atom is -0.481 e. The molecule has 0 fully saturated rings. The first-order chi connectivity index (χ1) is 5.18. The van der Waals surface area contributed by atoms with E-state index >= 15 is 0 Å². The Kier molecular flexibility index (Phi) is 2.11. The Bertz CT molecular complexity index is 253. The smallest absolute Gasteiger partial charge is 0.307 e. The minimum absolute atomic E-state index is 0.0281. The molecule has 0 aliphatic rings. The van der Waals surface area contributed by atoms with Crippen molar-refractivity contribution in [2.45, 2.75) is 6.42 Å². The van der Waals surface area contributed by atoms with Gasteiger partial charge in [0.05, 0.1) is 12.1 Å². The van der Waals surface area contributed by atoms with E-state index in [9.17, 15) is 4.79 Å². The molecule has 0 heterocycles. The van der Waals surface area contributed by atoms with Crippen molar-refractivity contribution >= 4 is 11.7 Å². The summed E-state index contributed by atoms with van der Waals surface area (Å²) in [5.74, 6) is -0.845. The second-order valence-corrected chi connectivity index (χ2v) is 2.27. The zero-order valence-corrected chi connectivity index (χ0v) is 5.87. The fraction of sp³-hybridized carbons (Fsp3) is 0.125. The number of aliphatic carboxylic acids is 1. The van der Waals surface area contributed by atoms with Crippen molar-refractivity contribution in [1.29, 1.82) is 0 Å². The Balaban J connectivity index is 2.74. The SMILES string of the molecule is [NH]c1ccc(CC(=O)O)cc1. The number of carboxylic acid groups (broad SMARTS) is 1. The molecule has 0 atom stereocenters. The fourth-order valence-electron chi connectivity index (χ4n) is 0.797. The highest BCUT2D eigenvalue weighted by atomic mass is 16.4. The second-order valence-electron chi connectivity index (χ2n) is 2.27. The van der Waals surface area contributed by atoms with Crippen molar-refractivity contribution in [3.63, 3.8) is 0 Å². The maximum atomic E-state index is 10.2. The molecule has 0 bridgehead atoms. The molecule has 3 heteroatoms. The maximum absolute atomic E-state index is 10.2. The van der Waals surface area contributed by atoms with Crippen LogP contribution in [-0.4, -0.2) is 11.1 Å². The van der Waals surface area contributed by atoms with Gasteiger partial charge in [0.15, 0.2) is 0 Å². The Morgan fingerprint density at radius 1 is 1.36 bits per heavy atom. The van der Waals surface area contributed by atoms with Gasteiger partial charge in [-0.3, -0.25) is 4.79 Å². The summed E-state index contributed by atoms with van der Waals surface area (Å²) >= 11 is 0. The number of hydrogen-bond acceptors (Lipinski definition) is 1. The van der Waals surface area contributed by atoms with Gasteiger partial charge >= 0.3 is 5.97 Å². The molecular formula is C8H8NO2. The highest BCUT2D eigenvalue weighted by Crippen LogP contribution is 2.06. The first kappa shape index (κ1) is 7.60. The third-order valence-corrected chi connectivity index (χ3v) is 1.31. The predicted molar refractivity (Wildman–Crippen MR) is 40.5 cm³/mol. The lowest BCUT2D eigenvalue weighted by atomic mass is 10.1. The largest absolute Gasteiger partial charge is 0.481 e. The van der Waals surface area contributed by atoms with E-state index in [2.05, 4.69) is 0 Å². The number of carboxylic acids is 1. The predicted octanol–water partition coefficient (Wildman–Crippen LogP) is 1.23. The zero-order chi connectivity index (χ0) is 8.27. The number of carbonyl (C=O) groups is 1.